The monoisotopic (exact) mass is 338 g/mol. The summed E-state index contributed by atoms with van der Waals surface area (Å²) in [6, 6.07) is 12.7. The van der Waals surface area contributed by atoms with Crippen molar-refractivity contribution in [2.24, 2.45) is 0 Å². The second-order valence-electron chi connectivity index (χ2n) is 4.04. The number of Topliss-reactive ketones (excluding diaryl/α,β-unsaturated/α-hetero) is 1. The van der Waals surface area contributed by atoms with Gasteiger partial charge in [0.15, 0.2) is 5.78 Å². The largest absolute Gasteiger partial charge is 0.496 e. The van der Waals surface area contributed by atoms with E-state index in [0.717, 1.165) is 11.3 Å². The highest BCUT2D eigenvalue weighted by Gasteiger charge is 2.13. The second kappa shape index (κ2) is 6.22. The van der Waals surface area contributed by atoms with Crippen LogP contribution < -0.4 is 4.74 Å². The summed E-state index contributed by atoms with van der Waals surface area (Å²) >= 11 is 9.23. The lowest BCUT2D eigenvalue weighted by atomic mass is 10.0. The fraction of sp³-hybridized carbons (Fsp3) is 0.133. The van der Waals surface area contributed by atoms with E-state index in [1.165, 1.54) is 0 Å². The SMILES string of the molecule is COc1ccccc1CC(=O)c1ccc(Cl)cc1Br. The molecule has 0 bridgehead atoms. The van der Waals surface area contributed by atoms with E-state index in [9.17, 15) is 4.79 Å². The lowest BCUT2D eigenvalue weighted by molar-refractivity contribution is 0.0991. The Morgan fingerprint density at radius 2 is 2.00 bits per heavy atom. The van der Waals surface area contributed by atoms with Crippen LogP contribution in [0.3, 0.4) is 0 Å². The third-order valence-corrected chi connectivity index (χ3v) is 3.67. The maximum atomic E-state index is 12.3. The fourth-order valence-corrected chi connectivity index (χ4v) is 2.74. The molecular weight excluding hydrogens is 328 g/mol. The molecule has 0 radical (unpaired) electrons. The standard InChI is InChI=1S/C15H12BrClO2/c1-19-15-5-3-2-4-10(15)8-14(18)12-7-6-11(17)9-13(12)16/h2-7,9H,8H2,1H3. The summed E-state index contributed by atoms with van der Waals surface area (Å²) in [4.78, 5) is 12.3. The molecule has 0 N–H and O–H groups in total. The Morgan fingerprint density at radius 3 is 2.68 bits per heavy atom. The molecule has 2 rings (SSSR count). The molecular formula is C15H12BrClO2. The minimum absolute atomic E-state index is 0.0213. The maximum Gasteiger partial charge on any atom is 0.168 e. The Kier molecular flexibility index (Phi) is 4.61. The van der Waals surface area contributed by atoms with Crippen LogP contribution in [0.25, 0.3) is 0 Å². The molecule has 2 nitrogen and oxygen atoms in total. The van der Waals surface area contributed by atoms with E-state index in [1.807, 2.05) is 24.3 Å². The molecule has 0 unspecified atom stereocenters. The molecule has 98 valence electrons. The molecule has 0 atom stereocenters. The first-order valence-electron chi connectivity index (χ1n) is 5.72. The van der Waals surface area contributed by atoms with Crippen LogP contribution >= 0.6 is 27.5 Å². The first kappa shape index (κ1) is 14.1. The minimum Gasteiger partial charge on any atom is -0.496 e. The van der Waals surface area contributed by atoms with Gasteiger partial charge in [-0.1, -0.05) is 29.8 Å². The summed E-state index contributed by atoms with van der Waals surface area (Å²) < 4.78 is 5.95. The number of benzene rings is 2. The van der Waals surface area contributed by atoms with Crippen LogP contribution in [-0.4, -0.2) is 12.9 Å². The van der Waals surface area contributed by atoms with E-state index in [4.69, 9.17) is 16.3 Å². The Balaban J connectivity index is 2.26. The lowest BCUT2D eigenvalue weighted by Crippen LogP contribution is -2.05. The molecule has 0 aliphatic rings. The van der Waals surface area contributed by atoms with Crippen LogP contribution in [0.5, 0.6) is 5.75 Å². The maximum absolute atomic E-state index is 12.3. The van der Waals surface area contributed by atoms with Gasteiger partial charge in [0.1, 0.15) is 5.75 Å². The number of carbonyl (C=O) groups excluding carboxylic acids is 1. The zero-order valence-corrected chi connectivity index (χ0v) is 12.7. The Morgan fingerprint density at radius 1 is 1.26 bits per heavy atom. The van der Waals surface area contributed by atoms with Gasteiger partial charge in [-0.25, -0.2) is 0 Å². The van der Waals surface area contributed by atoms with Crippen molar-refractivity contribution in [3.05, 3.63) is 63.1 Å². The normalized spacial score (nSPS) is 10.3. The van der Waals surface area contributed by atoms with Gasteiger partial charge in [0, 0.05) is 27.0 Å². The van der Waals surface area contributed by atoms with E-state index in [2.05, 4.69) is 15.9 Å². The van der Waals surface area contributed by atoms with Crippen LogP contribution in [0.4, 0.5) is 0 Å². The molecule has 0 heterocycles. The number of carbonyl (C=O) groups is 1. The van der Waals surface area contributed by atoms with E-state index in [0.29, 0.717) is 21.5 Å². The highest BCUT2D eigenvalue weighted by molar-refractivity contribution is 9.10. The number of halogens is 2. The second-order valence-corrected chi connectivity index (χ2v) is 5.33. The zero-order chi connectivity index (χ0) is 13.8. The predicted molar refractivity (Wildman–Crippen MR) is 80.2 cm³/mol. The molecule has 2 aromatic carbocycles. The molecule has 2 aromatic rings. The number of rotatable bonds is 4. The van der Waals surface area contributed by atoms with Crippen molar-refractivity contribution >= 4 is 33.3 Å². The smallest absolute Gasteiger partial charge is 0.168 e. The molecule has 0 saturated carbocycles. The Labute approximate surface area is 125 Å². The molecule has 0 saturated heterocycles. The number of hydrogen-bond acceptors (Lipinski definition) is 2. The van der Waals surface area contributed by atoms with Gasteiger partial charge in [-0.15, -0.1) is 0 Å². The van der Waals surface area contributed by atoms with Gasteiger partial charge in [-0.3, -0.25) is 4.79 Å². The number of ketones is 1. The highest BCUT2D eigenvalue weighted by Crippen LogP contribution is 2.25. The first-order chi connectivity index (χ1) is 9.11. The van der Waals surface area contributed by atoms with Crippen LogP contribution in [0.1, 0.15) is 15.9 Å². The van der Waals surface area contributed by atoms with Gasteiger partial charge in [0.25, 0.3) is 0 Å². The van der Waals surface area contributed by atoms with Crippen LogP contribution in [0.2, 0.25) is 5.02 Å². The zero-order valence-electron chi connectivity index (χ0n) is 10.3. The molecule has 0 aliphatic heterocycles. The van der Waals surface area contributed by atoms with Crippen LogP contribution in [-0.2, 0) is 6.42 Å². The van der Waals surface area contributed by atoms with Crippen molar-refractivity contribution in [1.82, 2.24) is 0 Å². The quantitative estimate of drug-likeness (QED) is 0.765. The van der Waals surface area contributed by atoms with Gasteiger partial charge in [-0.05, 0) is 40.2 Å². The summed E-state index contributed by atoms with van der Waals surface area (Å²) in [5, 5.41) is 0.598. The van der Waals surface area contributed by atoms with Crippen molar-refractivity contribution in [3.63, 3.8) is 0 Å². The average Bonchev–Trinajstić information content (AvgIpc) is 2.39. The minimum atomic E-state index is 0.0213. The predicted octanol–water partition coefficient (Wildman–Crippen LogP) is 4.54. The topological polar surface area (TPSA) is 26.3 Å². The molecule has 0 amide bonds. The summed E-state index contributed by atoms with van der Waals surface area (Å²) in [6.07, 6.45) is 0.296. The summed E-state index contributed by atoms with van der Waals surface area (Å²) in [7, 11) is 1.60. The van der Waals surface area contributed by atoms with Crippen molar-refractivity contribution in [2.75, 3.05) is 7.11 Å². The van der Waals surface area contributed by atoms with E-state index >= 15 is 0 Å². The van der Waals surface area contributed by atoms with Gasteiger partial charge < -0.3 is 4.74 Å². The number of hydrogen-bond donors (Lipinski definition) is 0. The van der Waals surface area contributed by atoms with E-state index in [1.54, 1.807) is 25.3 Å². The van der Waals surface area contributed by atoms with Gasteiger partial charge in [0.05, 0.1) is 7.11 Å². The molecule has 0 spiro atoms. The van der Waals surface area contributed by atoms with Gasteiger partial charge >= 0.3 is 0 Å². The third kappa shape index (κ3) is 3.37. The van der Waals surface area contributed by atoms with Gasteiger partial charge in [0.2, 0.25) is 0 Å². The number of para-hydroxylation sites is 1. The van der Waals surface area contributed by atoms with E-state index < -0.39 is 0 Å². The highest BCUT2D eigenvalue weighted by atomic mass is 79.9. The van der Waals surface area contributed by atoms with Crippen LogP contribution in [0, 0.1) is 0 Å². The van der Waals surface area contributed by atoms with Crippen molar-refractivity contribution in [1.29, 1.82) is 0 Å². The molecule has 4 heteroatoms. The Hall–Kier alpha value is -1.32. The average molecular weight is 340 g/mol. The van der Waals surface area contributed by atoms with Crippen molar-refractivity contribution in [2.45, 2.75) is 6.42 Å². The molecule has 19 heavy (non-hydrogen) atoms. The van der Waals surface area contributed by atoms with Crippen molar-refractivity contribution < 1.29 is 9.53 Å². The molecule has 0 aromatic heterocycles. The number of methoxy groups -OCH3 is 1. The van der Waals surface area contributed by atoms with E-state index in [-0.39, 0.29) is 5.78 Å². The molecule has 0 fully saturated rings. The third-order valence-electron chi connectivity index (χ3n) is 2.78. The van der Waals surface area contributed by atoms with Crippen LogP contribution in [0.15, 0.2) is 46.9 Å². The summed E-state index contributed by atoms with van der Waals surface area (Å²) in [5.74, 6) is 0.744. The summed E-state index contributed by atoms with van der Waals surface area (Å²) in [6.45, 7) is 0. The molecule has 0 aliphatic carbocycles. The first-order valence-corrected chi connectivity index (χ1v) is 6.89. The summed E-state index contributed by atoms with van der Waals surface area (Å²) in [5.41, 5.74) is 1.49. The van der Waals surface area contributed by atoms with Crippen molar-refractivity contribution in [3.8, 4) is 5.75 Å². The fourth-order valence-electron chi connectivity index (χ4n) is 1.83. The number of ether oxygens (including phenoxy) is 1. The Bertz CT molecular complexity index is 611. The lowest BCUT2D eigenvalue weighted by Gasteiger charge is -2.08. The van der Waals surface area contributed by atoms with Gasteiger partial charge in [-0.2, -0.15) is 0 Å².